The van der Waals surface area contributed by atoms with Crippen molar-refractivity contribution in [2.45, 2.75) is 6.42 Å². The van der Waals surface area contributed by atoms with Crippen molar-refractivity contribution in [3.05, 3.63) is 89.0 Å². The van der Waals surface area contributed by atoms with Gasteiger partial charge in [-0.15, -0.1) is 0 Å². The molecule has 0 atom stereocenters. The van der Waals surface area contributed by atoms with Crippen LogP contribution in [-0.4, -0.2) is 27.0 Å². The van der Waals surface area contributed by atoms with Gasteiger partial charge in [0.05, 0.1) is 17.0 Å². The highest BCUT2D eigenvalue weighted by Gasteiger charge is 2.10. The maximum atomic E-state index is 13.8. The average Bonchev–Trinajstić information content (AvgIpc) is 2.82. The number of halogens is 2. The molecule has 10 heteroatoms. The van der Waals surface area contributed by atoms with Gasteiger partial charge in [0.1, 0.15) is 18.0 Å². The van der Waals surface area contributed by atoms with Gasteiger partial charge in [0.25, 0.3) is 5.91 Å². The summed E-state index contributed by atoms with van der Waals surface area (Å²) >= 11 is 5.74. The predicted molar refractivity (Wildman–Crippen MR) is 122 cm³/mol. The SMILES string of the molecule is O=C(Cc1ccc(C(=O)NO)cc1)Nc1ccc2ncnc(Nc3ccc(Cl)c(F)c3)c2c1. The maximum absolute atomic E-state index is 13.8. The van der Waals surface area contributed by atoms with Crippen LogP contribution in [0, 0.1) is 5.82 Å². The molecule has 0 aliphatic carbocycles. The number of fused-ring (bicyclic) bond motifs is 1. The molecular formula is C23H17ClFN5O3. The Morgan fingerprint density at radius 3 is 2.45 bits per heavy atom. The number of carbonyl (C=O) groups excluding carboxylic acids is 2. The summed E-state index contributed by atoms with van der Waals surface area (Å²) in [6, 6.07) is 15.8. The zero-order valence-electron chi connectivity index (χ0n) is 17.0. The summed E-state index contributed by atoms with van der Waals surface area (Å²) in [7, 11) is 0. The average molecular weight is 466 g/mol. The molecule has 0 saturated carbocycles. The first-order valence-corrected chi connectivity index (χ1v) is 10.1. The Kier molecular flexibility index (Phi) is 6.43. The Bertz CT molecular complexity index is 1350. The van der Waals surface area contributed by atoms with Crippen molar-refractivity contribution >= 4 is 51.5 Å². The number of amides is 2. The predicted octanol–water partition coefficient (Wildman–Crippen LogP) is 4.47. The second-order valence-electron chi connectivity index (χ2n) is 7.07. The van der Waals surface area contributed by atoms with Gasteiger partial charge in [0.15, 0.2) is 0 Å². The third-order valence-electron chi connectivity index (χ3n) is 4.78. The fourth-order valence-electron chi connectivity index (χ4n) is 3.17. The number of nitrogens with one attached hydrogen (secondary N) is 3. The van der Waals surface area contributed by atoms with Gasteiger partial charge < -0.3 is 10.6 Å². The lowest BCUT2D eigenvalue weighted by Gasteiger charge is -2.11. The van der Waals surface area contributed by atoms with E-state index in [4.69, 9.17) is 16.8 Å². The Morgan fingerprint density at radius 2 is 1.73 bits per heavy atom. The van der Waals surface area contributed by atoms with E-state index in [1.807, 2.05) is 0 Å². The van der Waals surface area contributed by atoms with E-state index in [0.29, 0.717) is 33.7 Å². The third-order valence-corrected chi connectivity index (χ3v) is 5.09. The molecule has 0 spiro atoms. The van der Waals surface area contributed by atoms with E-state index < -0.39 is 11.7 Å². The maximum Gasteiger partial charge on any atom is 0.274 e. The van der Waals surface area contributed by atoms with Crippen molar-refractivity contribution in [1.82, 2.24) is 15.4 Å². The number of carbonyl (C=O) groups is 2. The normalized spacial score (nSPS) is 10.6. The van der Waals surface area contributed by atoms with E-state index in [0.717, 1.165) is 0 Å². The van der Waals surface area contributed by atoms with Crippen LogP contribution in [0.25, 0.3) is 10.9 Å². The van der Waals surface area contributed by atoms with Gasteiger partial charge in [0.2, 0.25) is 5.91 Å². The molecule has 0 saturated heterocycles. The topological polar surface area (TPSA) is 116 Å². The molecule has 0 fully saturated rings. The summed E-state index contributed by atoms with van der Waals surface area (Å²) in [6.07, 6.45) is 1.47. The van der Waals surface area contributed by atoms with E-state index in [1.165, 1.54) is 30.6 Å². The molecular weight excluding hydrogens is 449 g/mol. The molecule has 0 unspecified atom stereocenters. The lowest BCUT2D eigenvalue weighted by molar-refractivity contribution is -0.115. The van der Waals surface area contributed by atoms with Gasteiger partial charge in [0, 0.05) is 22.3 Å². The number of hydrogen-bond donors (Lipinski definition) is 4. The zero-order chi connectivity index (χ0) is 23.4. The number of rotatable bonds is 6. The Balaban J connectivity index is 1.51. The van der Waals surface area contributed by atoms with Crippen LogP contribution in [0.15, 0.2) is 67.0 Å². The van der Waals surface area contributed by atoms with Crippen LogP contribution < -0.4 is 16.1 Å². The van der Waals surface area contributed by atoms with Gasteiger partial charge in [-0.3, -0.25) is 14.8 Å². The van der Waals surface area contributed by atoms with Crippen LogP contribution in [0.4, 0.5) is 21.6 Å². The smallest absolute Gasteiger partial charge is 0.274 e. The summed E-state index contributed by atoms with van der Waals surface area (Å²) in [5.74, 6) is -1.01. The first kappa shape index (κ1) is 22.1. The summed E-state index contributed by atoms with van der Waals surface area (Å²) in [5, 5.41) is 15.2. The number of anilines is 3. The summed E-state index contributed by atoms with van der Waals surface area (Å²) in [4.78, 5) is 32.4. The van der Waals surface area contributed by atoms with Crippen molar-refractivity contribution in [2.24, 2.45) is 0 Å². The molecule has 1 heterocycles. The first-order valence-electron chi connectivity index (χ1n) is 9.73. The van der Waals surface area contributed by atoms with Gasteiger partial charge in [-0.2, -0.15) is 0 Å². The first-order chi connectivity index (χ1) is 15.9. The van der Waals surface area contributed by atoms with Crippen molar-refractivity contribution < 1.29 is 19.2 Å². The standard InChI is InChI=1S/C23H17ClFN5O3/c24-18-7-5-16(11-19(18)25)29-22-17-10-15(6-8-20(17)26-12-27-22)28-21(31)9-13-1-3-14(4-2-13)23(32)30-33/h1-8,10-12,33H,9H2,(H,28,31)(H,30,32)(H,26,27,29). The molecule has 0 aliphatic rings. The molecule has 4 aromatic rings. The highest BCUT2D eigenvalue weighted by molar-refractivity contribution is 6.30. The zero-order valence-corrected chi connectivity index (χ0v) is 17.7. The van der Waals surface area contributed by atoms with E-state index in [-0.39, 0.29) is 22.9 Å². The van der Waals surface area contributed by atoms with E-state index in [9.17, 15) is 14.0 Å². The van der Waals surface area contributed by atoms with Crippen LogP contribution >= 0.6 is 11.6 Å². The second kappa shape index (κ2) is 9.60. The van der Waals surface area contributed by atoms with Crippen molar-refractivity contribution in [3.63, 3.8) is 0 Å². The fraction of sp³-hybridized carbons (Fsp3) is 0.0435. The Morgan fingerprint density at radius 1 is 0.970 bits per heavy atom. The summed E-state index contributed by atoms with van der Waals surface area (Å²) in [5.41, 5.74) is 4.15. The third kappa shape index (κ3) is 5.22. The minimum absolute atomic E-state index is 0.0180. The highest BCUT2D eigenvalue weighted by Crippen LogP contribution is 2.27. The van der Waals surface area contributed by atoms with E-state index >= 15 is 0 Å². The van der Waals surface area contributed by atoms with Crippen LogP contribution in [0.1, 0.15) is 15.9 Å². The molecule has 33 heavy (non-hydrogen) atoms. The van der Waals surface area contributed by atoms with Crippen molar-refractivity contribution in [2.75, 3.05) is 10.6 Å². The van der Waals surface area contributed by atoms with Crippen LogP contribution in [0.5, 0.6) is 0 Å². The number of hydrogen-bond acceptors (Lipinski definition) is 6. The van der Waals surface area contributed by atoms with Crippen LogP contribution in [-0.2, 0) is 11.2 Å². The fourth-order valence-corrected chi connectivity index (χ4v) is 3.29. The molecule has 4 N–H and O–H groups in total. The molecule has 166 valence electrons. The Labute approximate surface area is 192 Å². The second-order valence-corrected chi connectivity index (χ2v) is 7.48. The van der Waals surface area contributed by atoms with Gasteiger partial charge >= 0.3 is 0 Å². The molecule has 1 aromatic heterocycles. The summed E-state index contributed by atoms with van der Waals surface area (Å²) < 4.78 is 13.8. The monoisotopic (exact) mass is 465 g/mol. The van der Waals surface area contributed by atoms with E-state index in [1.54, 1.807) is 41.9 Å². The lowest BCUT2D eigenvalue weighted by Crippen LogP contribution is -2.18. The lowest BCUT2D eigenvalue weighted by atomic mass is 10.1. The molecule has 2 amide bonds. The molecule has 3 aromatic carbocycles. The van der Waals surface area contributed by atoms with Gasteiger partial charge in [-0.05, 0) is 54.1 Å². The van der Waals surface area contributed by atoms with E-state index in [2.05, 4.69) is 20.6 Å². The summed E-state index contributed by atoms with van der Waals surface area (Å²) in [6.45, 7) is 0. The highest BCUT2D eigenvalue weighted by atomic mass is 35.5. The number of nitrogens with zero attached hydrogens (tertiary/aromatic N) is 2. The Hall–Kier alpha value is -4.08. The molecule has 8 nitrogen and oxygen atoms in total. The van der Waals surface area contributed by atoms with Crippen LogP contribution in [0.3, 0.4) is 0 Å². The number of hydroxylamine groups is 1. The molecule has 4 rings (SSSR count). The van der Waals surface area contributed by atoms with Gasteiger partial charge in [-0.25, -0.2) is 19.8 Å². The molecule has 0 bridgehead atoms. The van der Waals surface area contributed by atoms with Crippen LogP contribution in [0.2, 0.25) is 5.02 Å². The van der Waals surface area contributed by atoms with Gasteiger partial charge in [-0.1, -0.05) is 23.7 Å². The minimum atomic E-state index is -0.630. The minimum Gasteiger partial charge on any atom is -0.340 e. The largest absolute Gasteiger partial charge is 0.340 e. The molecule has 0 radical (unpaired) electrons. The van der Waals surface area contributed by atoms with Crippen molar-refractivity contribution in [1.29, 1.82) is 0 Å². The number of benzene rings is 3. The molecule has 0 aliphatic heterocycles. The quantitative estimate of drug-likeness (QED) is 0.247. The van der Waals surface area contributed by atoms with Crippen molar-refractivity contribution in [3.8, 4) is 0 Å². The number of aromatic nitrogens is 2.